The van der Waals surface area contributed by atoms with E-state index < -0.39 is 0 Å². The van der Waals surface area contributed by atoms with Crippen LogP contribution in [0.3, 0.4) is 0 Å². The van der Waals surface area contributed by atoms with Gasteiger partial charge in [0.05, 0.1) is 0 Å². The van der Waals surface area contributed by atoms with Crippen LogP contribution >= 0.6 is 0 Å². The third-order valence-corrected chi connectivity index (χ3v) is 0.977. The molecule has 0 radical (unpaired) electrons. The van der Waals surface area contributed by atoms with Crippen molar-refractivity contribution in [1.29, 1.82) is 0 Å². The van der Waals surface area contributed by atoms with Gasteiger partial charge in [0.15, 0.2) is 0 Å². The van der Waals surface area contributed by atoms with Gasteiger partial charge >= 0.3 is 0 Å². The predicted molar refractivity (Wildman–Crippen MR) is 33.3 cm³/mol. The molecule has 0 aromatic heterocycles. The van der Waals surface area contributed by atoms with Crippen molar-refractivity contribution in [3.8, 4) is 0 Å². The highest BCUT2D eigenvalue weighted by molar-refractivity contribution is 4.51. The van der Waals surface area contributed by atoms with Crippen LogP contribution in [0.25, 0.3) is 10.4 Å². The number of azide groups is 1. The van der Waals surface area contributed by atoms with Gasteiger partial charge in [0.2, 0.25) is 0 Å². The van der Waals surface area contributed by atoms with E-state index in [1.54, 1.807) is 17.1 Å². The lowest BCUT2D eigenvalue weighted by Crippen LogP contribution is -2.21. The zero-order valence-corrected chi connectivity index (χ0v) is 5.54. The number of nitrogens with zero attached hydrogens (tertiary/aromatic N) is 7. The van der Waals surface area contributed by atoms with Gasteiger partial charge in [-0.15, -0.1) is 0 Å². The van der Waals surface area contributed by atoms with Crippen LogP contribution in [0.15, 0.2) is 15.6 Å². The molecule has 0 fully saturated rings. The van der Waals surface area contributed by atoms with Crippen molar-refractivity contribution in [1.82, 2.24) is 10.0 Å². The first-order valence-corrected chi connectivity index (χ1v) is 2.71. The topological polar surface area (TPSA) is 80.0 Å². The monoisotopic (exact) mass is 141 g/mol. The van der Waals surface area contributed by atoms with E-state index >= 15 is 0 Å². The summed E-state index contributed by atoms with van der Waals surface area (Å²) in [6, 6.07) is 0. The molecule has 0 bridgehead atoms. The maximum absolute atomic E-state index is 7.94. The Bertz CT molecular complexity index is 179. The number of hydrogen-bond donors (Lipinski definition) is 0. The van der Waals surface area contributed by atoms with E-state index in [0.717, 1.165) is 0 Å². The first-order chi connectivity index (χ1) is 4.83. The SMILES string of the molecule is CN1CN(CN=[N+]=[N-])N=N1. The van der Waals surface area contributed by atoms with E-state index in [1.807, 2.05) is 0 Å². The molecule has 0 atom stereocenters. The van der Waals surface area contributed by atoms with Crippen LogP contribution in [0.4, 0.5) is 0 Å². The molecule has 7 heteroatoms. The molecule has 0 aromatic rings. The van der Waals surface area contributed by atoms with Crippen LogP contribution in [-0.4, -0.2) is 30.4 Å². The molecule has 0 aliphatic carbocycles. The molecule has 0 unspecified atom stereocenters. The number of hydrogen-bond acceptors (Lipinski definition) is 5. The second-order valence-electron chi connectivity index (χ2n) is 1.86. The van der Waals surface area contributed by atoms with Crippen LogP contribution < -0.4 is 0 Å². The van der Waals surface area contributed by atoms with Crippen LogP contribution in [0.2, 0.25) is 0 Å². The van der Waals surface area contributed by atoms with Crippen LogP contribution in [0.5, 0.6) is 0 Å². The predicted octanol–water partition coefficient (Wildman–Crippen LogP) is 0.741. The maximum atomic E-state index is 7.94. The van der Waals surface area contributed by atoms with Crippen LogP contribution in [0, 0.1) is 0 Å². The average Bonchev–Trinajstić information content (AvgIpc) is 2.31. The fourth-order valence-electron chi connectivity index (χ4n) is 0.592. The Morgan fingerprint density at radius 1 is 1.70 bits per heavy atom. The quantitative estimate of drug-likeness (QED) is 0.323. The van der Waals surface area contributed by atoms with E-state index in [1.165, 1.54) is 0 Å². The van der Waals surface area contributed by atoms with E-state index in [2.05, 4.69) is 20.5 Å². The minimum absolute atomic E-state index is 0.240. The van der Waals surface area contributed by atoms with Gasteiger partial charge in [-0.25, -0.2) is 5.01 Å². The minimum atomic E-state index is 0.240. The molecule has 0 spiro atoms. The lowest BCUT2D eigenvalue weighted by atomic mass is 10.9. The zero-order chi connectivity index (χ0) is 7.40. The normalized spacial score (nSPS) is 15.7. The summed E-state index contributed by atoms with van der Waals surface area (Å²) in [7, 11) is 1.79. The second-order valence-corrected chi connectivity index (χ2v) is 1.86. The molecule has 0 saturated carbocycles. The van der Waals surface area contributed by atoms with Crippen molar-refractivity contribution in [2.75, 3.05) is 20.4 Å². The van der Waals surface area contributed by atoms with Gasteiger partial charge in [0.1, 0.15) is 13.3 Å². The summed E-state index contributed by atoms with van der Waals surface area (Å²) in [5.74, 6) is 0. The fourth-order valence-corrected chi connectivity index (χ4v) is 0.592. The minimum Gasteiger partial charge on any atom is -0.259 e. The van der Waals surface area contributed by atoms with Crippen molar-refractivity contribution in [2.24, 2.45) is 15.6 Å². The van der Waals surface area contributed by atoms with E-state index in [-0.39, 0.29) is 6.67 Å². The van der Waals surface area contributed by atoms with Gasteiger partial charge in [-0.3, -0.25) is 5.01 Å². The summed E-state index contributed by atoms with van der Waals surface area (Å²) in [6.07, 6.45) is 0. The molecular formula is C3H7N7. The van der Waals surface area contributed by atoms with Crippen molar-refractivity contribution >= 4 is 0 Å². The van der Waals surface area contributed by atoms with E-state index in [9.17, 15) is 0 Å². The number of rotatable bonds is 2. The smallest absolute Gasteiger partial charge is 0.126 e. The van der Waals surface area contributed by atoms with Crippen molar-refractivity contribution in [3.05, 3.63) is 10.4 Å². The van der Waals surface area contributed by atoms with Gasteiger partial charge < -0.3 is 0 Å². The molecule has 7 nitrogen and oxygen atoms in total. The summed E-state index contributed by atoms with van der Waals surface area (Å²) >= 11 is 0. The Morgan fingerprint density at radius 2 is 2.50 bits per heavy atom. The molecule has 1 heterocycles. The van der Waals surface area contributed by atoms with Crippen molar-refractivity contribution in [3.63, 3.8) is 0 Å². The molecule has 0 saturated heterocycles. The molecular weight excluding hydrogens is 134 g/mol. The van der Waals surface area contributed by atoms with Gasteiger partial charge in [0.25, 0.3) is 0 Å². The van der Waals surface area contributed by atoms with Gasteiger partial charge in [-0.05, 0) is 5.53 Å². The molecule has 54 valence electrons. The second kappa shape index (κ2) is 2.88. The van der Waals surface area contributed by atoms with Gasteiger partial charge in [-0.1, -0.05) is 15.6 Å². The average molecular weight is 141 g/mol. The van der Waals surface area contributed by atoms with E-state index in [0.29, 0.717) is 6.67 Å². The van der Waals surface area contributed by atoms with Gasteiger partial charge in [0, 0.05) is 12.0 Å². The zero-order valence-electron chi connectivity index (χ0n) is 5.54. The Labute approximate surface area is 57.5 Å². The standard InChI is InChI=1S/C3H7N7/c1-9-3-10(8-7-9)2-5-6-4/h2-3H2,1H3. The van der Waals surface area contributed by atoms with Crippen LogP contribution in [0.1, 0.15) is 0 Å². The molecule has 0 amide bonds. The maximum Gasteiger partial charge on any atom is 0.126 e. The Morgan fingerprint density at radius 3 is 3.00 bits per heavy atom. The van der Waals surface area contributed by atoms with Crippen molar-refractivity contribution in [2.45, 2.75) is 0 Å². The summed E-state index contributed by atoms with van der Waals surface area (Å²) < 4.78 is 0. The first-order valence-electron chi connectivity index (χ1n) is 2.71. The lowest BCUT2D eigenvalue weighted by molar-refractivity contribution is 0.244. The molecule has 1 rings (SSSR count). The molecule has 10 heavy (non-hydrogen) atoms. The molecule has 0 N–H and O–H groups in total. The first kappa shape index (κ1) is 6.63. The van der Waals surface area contributed by atoms with E-state index in [4.69, 9.17) is 5.53 Å². The summed E-state index contributed by atoms with van der Waals surface area (Å²) in [6.45, 7) is 0.823. The molecule has 1 aliphatic heterocycles. The Hall–Kier alpha value is -1.49. The molecule has 0 aromatic carbocycles. The Kier molecular flexibility index (Phi) is 1.91. The third-order valence-electron chi connectivity index (χ3n) is 0.977. The highest BCUT2D eigenvalue weighted by atomic mass is 15.8. The fraction of sp³-hybridized carbons (Fsp3) is 1.00. The summed E-state index contributed by atoms with van der Waals surface area (Å²) in [5.41, 5.74) is 7.94. The summed E-state index contributed by atoms with van der Waals surface area (Å²) in [5, 5.41) is 13.9. The van der Waals surface area contributed by atoms with Gasteiger partial charge in [-0.2, -0.15) is 0 Å². The largest absolute Gasteiger partial charge is 0.259 e. The summed E-state index contributed by atoms with van der Waals surface area (Å²) in [4.78, 5) is 2.59. The highest BCUT2D eigenvalue weighted by Crippen LogP contribution is 2.02. The molecule has 1 aliphatic rings. The van der Waals surface area contributed by atoms with Crippen LogP contribution in [-0.2, 0) is 0 Å². The van der Waals surface area contributed by atoms with Crippen molar-refractivity contribution < 1.29 is 0 Å². The third kappa shape index (κ3) is 1.49. The Balaban J connectivity index is 2.32. The highest BCUT2D eigenvalue weighted by Gasteiger charge is 2.08. The lowest BCUT2D eigenvalue weighted by Gasteiger charge is -2.08.